The topological polar surface area (TPSA) is 66.9 Å². The molecule has 2 aliphatic carbocycles. The van der Waals surface area contributed by atoms with Crippen molar-refractivity contribution in [3.05, 3.63) is 18.1 Å². The summed E-state index contributed by atoms with van der Waals surface area (Å²) in [7, 11) is 0. The molecular weight excluding hydrogens is 240 g/mol. The van der Waals surface area contributed by atoms with Gasteiger partial charge >= 0.3 is 0 Å². The first-order valence-corrected chi connectivity index (χ1v) is 7.13. The van der Waals surface area contributed by atoms with Crippen LogP contribution in [0.4, 0.5) is 5.82 Å². The number of amides is 1. The van der Waals surface area contributed by atoms with Crippen molar-refractivity contribution in [2.75, 3.05) is 11.9 Å². The van der Waals surface area contributed by atoms with Crippen molar-refractivity contribution >= 4 is 11.7 Å². The molecule has 1 aromatic rings. The number of fused-ring (bicyclic) bond motifs is 2. The molecule has 2 fully saturated rings. The van der Waals surface area contributed by atoms with E-state index >= 15 is 0 Å². The Kier molecular flexibility index (Phi) is 3.36. The number of anilines is 1. The largest absolute Gasteiger partial charge is 0.369 e. The maximum absolute atomic E-state index is 12.1. The number of rotatable bonds is 4. The van der Waals surface area contributed by atoms with Crippen LogP contribution < -0.4 is 10.6 Å². The molecule has 1 heterocycles. The molecule has 0 aromatic carbocycles. The standard InChI is InChI=1S/C14H20N4O/c1-2-15-13-8-16-12(7-17-13)14(19)18-11-6-9-3-4-10(11)5-9/h7-11H,2-6H2,1H3,(H,15,17)(H,18,19). The maximum atomic E-state index is 12.1. The monoisotopic (exact) mass is 260 g/mol. The summed E-state index contributed by atoms with van der Waals surface area (Å²) in [6.45, 7) is 2.79. The van der Waals surface area contributed by atoms with E-state index in [0.717, 1.165) is 18.9 Å². The maximum Gasteiger partial charge on any atom is 0.271 e. The van der Waals surface area contributed by atoms with E-state index in [2.05, 4.69) is 20.6 Å². The zero-order chi connectivity index (χ0) is 13.2. The molecule has 0 spiro atoms. The fourth-order valence-electron chi connectivity index (χ4n) is 3.38. The lowest BCUT2D eigenvalue weighted by Gasteiger charge is -2.22. The Balaban J connectivity index is 1.60. The van der Waals surface area contributed by atoms with Gasteiger partial charge in [0.05, 0.1) is 12.4 Å². The Morgan fingerprint density at radius 1 is 1.32 bits per heavy atom. The molecule has 3 unspecified atom stereocenters. The van der Waals surface area contributed by atoms with Crippen LogP contribution in [0.2, 0.25) is 0 Å². The second kappa shape index (κ2) is 5.15. The summed E-state index contributed by atoms with van der Waals surface area (Å²) in [6, 6.07) is 0.349. The first-order chi connectivity index (χ1) is 9.26. The van der Waals surface area contributed by atoms with Crippen LogP contribution in [0.5, 0.6) is 0 Å². The molecule has 2 N–H and O–H groups in total. The average Bonchev–Trinajstić information content (AvgIpc) is 3.02. The number of hydrogen-bond donors (Lipinski definition) is 2. The van der Waals surface area contributed by atoms with Crippen LogP contribution in [0.1, 0.15) is 43.1 Å². The van der Waals surface area contributed by atoms with Gasteiger partial charge in [-0.05, 0) is 38.0 Å². The highest BCUT2D eigenvalue weighted by Crippen LogP contribution is 2.44. The highest BCUT2D eigenvalue weighted by atomic mass is 16.1. The molecule has 0 saturated heterocycles. The third-order valence-corrected chi connectivity index (χ3v) is 4.30. The lowest BCUT2D eigenvalue weighted by Crippen LogP contribution is -2.38. The minimum absolute atomic E-state index is 0.0897. The first-order valence-electron chi connectivity index (χ1n) is 7.13. The van der Waals surface area contributed by atoms with Crippen LogP contribution in [-0.2, 0) is 0 Å². The number of aromatic nitrogens is 2. The van der Waals surface area contributed by atoms with Crippen LogP contribution in [-0.4, -0.2) is 28.5 Å². The van der Waals surface area contributed by atoms with E-state index in [0.29, 0.717) is 23.5 Å². The van der Waals surface area contributed by atoms with Crippen molar-refractivity contribution in [3.63, 3.8) is 0 Å². The third kappa shape index (κ3) is 2.55. The second-order valence-electron chi connectivity index (χ2n) is 5.57. The van der Waals surface area contributed by atoms with Gasteiger partial charge in [-0.2, -0.15) is 0 Å². The van der Waals surface area contributed by atoms with Crippen molar-refractivity contribution in [1.29, 1.82) is 0 Å². The molecular formula is C14H20N4O. The zero-order valence-corrected chi connectivity index (χ0v) is 11.2. The normalized spacial score (nSPS) is 28.4. The van der Waals surface area contributed by atoms with Gasteiger partial charge in [0.25, 0.3) is 5.91 Å². The molecule has 2 aliphatic rings. The van der Waals surface area contributed by atoms with E-state index < -0.39 is 0 Å². The summed E-state index contributed by atoms with van der Waals surface area (Å²) in [5, 5.41) is 6.18. The van der Waals surface area contributed by atoms with Gasteiger partial charge in [-0.25, -0.2) is 9.97 Å². The summed E-state index contributed by atoms with van der Waals surface area (Å²) < 4.78 is 0. The van der Waals surface area contributed by atoms with E-state index in [1.54, 1.807) is 12.4 Å². The Bertz CT molecular complexity index is 459. The van der Waals surface area contributed by atoms with Gasteiger partial charge in [-0.15, -0.1) is 0 Å². The summed E-state index contributed by atoms with van der Waals surface area (Å²) in [5.41, 5.74) is 0.407. The molecule has 0 aliphatic heterocycles. The second-order valence-corrected chi connectivity index (χ2v) is 5.57. The van der Waals surface area contributed by atoms with Gasteiger partial charge < -0.3 is 10.6 Å². The van der Waals surface area contributed by atoms with Crippen molar-refractivity contribution in [2.45, 2.75) is 38.6 Å². The molecule has 19 heavy (non-hydrogen) atoms. The van der Waals surface area contributed by atoms with Gasteiger partial charge in [0.15, 0.2) is 0 Å². The summed E-state index contributed by atoms with van der Waals surface area (Å²) in [4.78, 5) is 20.5. The van der Waals surface area contributed by atoms with Crippen molar-refractivity contribution in [2.24, 2.45) is 11.8 Å². The van der Waals surface area contributed by atoms with E-state index in [1.165, 1.54) is 19.3 Å². The molecule has 2 bridgehead atoms. The molecule has 0 radical (unpaired) electrons. The molecule has 5 heteroatoms. The van der Waals surface area contributed by atoms with Gasteiger partial charge in [-0.3, -0.25) is 4.79 Å². The Morgan fingerprint density at radius 3 is 2.79 bits per heavy atom. The summed E-state index contributed by atoms with van der Waals surface area (Å²) in [5.74, 6) is 2.13. The van der Waals surface area contributed by atoms with Crippen LogP contribution in [0, 0.1) is 11.8 Å². The Morgan fingerprint density at radius 2 is 2.21 bits per heavy atom. The highest BCUT2D eigenvalue weighted by molar-refractivity contribution is 5.92. The lowest BCUT2D eigenvalue weighted by atomic mass is 9.95. The predicted molar refractivity (Wildman–Crippen MR) is 72.9 cm³/mol. The van der Waals surface area contributed by atoms with Gasteiger partial charge in [0.1, 0.15) is 11.5 Å². The van der Waals surface area contributed by atoms with Gasteiger partial charge in [-0.1, -0.05) is 6.42 Å². The lowest BCUT2D eigenvalue weighted by molar-refractivity contribution is 0.0917. The van der Waals surface area contributed by atoms with Crippen LogP contribution in [0.3, 0.4) is 0 Å². The first kappa shape index (κ1) is 12.4. The summed E-state index contributed by atoms with van der Waals surface area (Å²) >= 11 is 0. The fourth-order valence-corrected chi connectivity index (χ4v) is 3.38. The Hall–Kier alpha value is -1.65. The fraction of sp³-hybridized carbons (Fsp3) is 0.643. The minimum atomic E-state index is -0.0897. The van der Waals surface area contributed by atoms with Crippen LogP contribution in [0.25, 0.3) is 0 Å². The predicted octanol–water partition coefficient (Wildman–Crippen LogP) is 1.83. The third-order valence-electron chi connectivity index (χ3n) is 4.30. The van der Waals surface area contributed by atoms with Crippen LogP contribution >= 0.6 is 0 Å². The highest BCUT2D eigenvalue weighted by Gasteiger charge is 2.40. The van der Waals surface area contributed by atoms with Crippen molar-refractivity contribution in [3.8, 4) is 0 Å². The SMILES string of the molecule is CCNc1cnc(C(=O)NC2CC3CCC2C3)cn1. The quantitative estimate of drug-likeness (QED) is 0.866. The van der Waals surface area contributed by atoms with Crippen molar-refractivity contribution in [1.82, 2.24) is 15.3 Å². The molecule has 102 valence electrons. The van der Waals surface area contributed by atoms with Gasteiger partial charge in [0.2, 0.25) is 0 Å². The molecule has 1 amide bonds. The smallest absolute Gasteiger partial charge is 0.271 e. The Labute approximate surface area is 113 Å². The van der Waals surface area contributed by atoms with Crippen LogP contribution in [0.15, 0.2) is 12.4 Å². The molecule has 5 nitrogen and oxygen atoms in total. The number of carbonyl (C=O) groups excluding carboxylic acids is 1. The number of carbonyl (C=O) groups is 1. The van der Waals surface area contributed by atoms with Crippen molar-refractivity contribution < 1.29 is 4.79 Å². The molecule has 3 atom stereocenters. The molecule has 1 aromatic heterocycles. The van der Waals surface area contributed by atoms with E-state index in [-0.39, 0.29) is 5.91 Å². The number of nitrogens with one attached hydrogen (secondary N) is 2. The molecule has 2 saturated carbocycles. The molecule has 3 rings (SSSR count). The number of nitrogens with zero attached hydrogens (tertiary/aromatic N) is 2. The zero-order valence-electron chi connectivity index (χ0n) is 11.2. The average molecular weight is 260 g/mol. The van der Waals surface area contributed by atoms with E-state index in [4.69, 9.17) is 0 Å². The van der Waals surface area contributed by atoms with E-state index in [9.17, 15) is 4.79 Å². The number of hydrogen-bond acceptors (Lipinski definition) is 4. The minimum Gasteiger partial charge on any atom is -0.369 e. The van der Waals surface area contributed by atoms with E-state index in [1.807, 2.05) is 6.92 Å². The van der Waals surface area contributed by atoms with Gasteiger partial charge in [0, 0.05) is 12.6 Å². The summed E-state index contributed by atoms with van der Waals surface area (Å²) in [6.07, 6.45) is 8.18.